The molecule has 0 saturated carbocycles. The first kappa shape index (κ1) is 11.2. The highest BCUT2D eigenvalue weighted by Gasteiger charge is 2.01. The maximum Gasteiger partial charge on any atom is 0.150 e. The van der Waals surface area contributed by atoms with E-state index in [4.69, 9.17) is 5.26 Å². The van der Waals surface area contributed by atoms with E-state index in [2.05, 4.69) is 11.1 Å². The van der Waals surface area contributed by atoms with Gasteiger partial charge in [-0.2, -0.15) is 5.26 Å². The Bertz CT molecular complexity index is 526. The van der Waals surface area contributed by atoms with Crippen molar-refractivity contribution in [3.63, 3.8) is 0 Å². The molecule has 0 aliphatic heterocycles. The highest BCUT2D eigenvalue weighted by Crippen LogP contribution is 2.26. The molecular formula is C12H10N2S2. The lowest BCUT2D eigenvalue weighted by Gasteiger charge is -1.99. The summed E-state index contributed by atoms with van der Waals surface area (Å²) >= 11 is 3.38. The van der Waals surface area contributed by atoms with Crippen LogP contribution in [0.15, 0.2) is 34.0 Å². The smallest absolute Gasteiger partial charge is 0.150 e. The average Bonchev–Trinajstić information content (AvgIpc) is 2.73. The molecule has 2 aromatic rings. The maximum absolute atomic E-state index is 8.78. The second kappa shape index (κ2) is 5.15. The molecule has 0 fully saturated rings. The zero-order valence-electron chi connectivity index (χ0n) is 8.80. The van der Waals surface area contributed by atoms with Crippen molar-refractivity contribution in [3.8, 4) is 6.07 Å². The van der Waals surface area contributed by atoms with Crippen LogP contribution in [0.4, 0.5) is 0 Å². The van der Waals surface area contributed by atoms with Gasteiger partial charge in [0.15, 0.2) is 0 Å². The van der Waals surface area contributed by atoms with Gasteiger partial charge in [0.2, 0.25) is 0 Å². The SMILES string of the molecule is Cc1csc(SCc2cccc(C#N)c2)n1. The highest BCUT2D eigenvalue weighted by atomic mass is 32.2. The third-order valence-electron chi connectivity index (χ3n) is 2.02. The van der Waals surface area contributed by atoms with Gasteiger partial charge in [-0.1, -0.05) is 23.9 Å². The van der Waals surface area contributed by atoms with Gasteiger partial charge < -0.3 is 0 Å². The van der Waals surface area contributed by atoms with E-state index in [-0.39, 0.29) is 0 Å². The fraction of sp³-hybridized carbons (Fsp3) is 0.167. The Hall–Kier alpha value is -1.31. The molecule has 80 valence electrons. The molecule has 0 saturated heterocycles. The monoisotopic (exact) mass is 246 g/mol. The van der Waals surface area contributed by atoms with Crippen molar-refractivity contribution >= 4 is 23.1 Å². The first-order chi connectivity index (χ1) is 7.78. The van der Waals surface area contributed by atoms with Crippen LogP contribution in [-0.2, 0) is 5.75 Å². The molecule has 2 rings (SSSR count). The van der Waals surface area contributed by atoms with Gasteiger partial charge in [-0.05, 0) is 24.6 Å². The number of nitrogens with zero attached hydrogens (tertiary/aromatic N) is 2. The van der Waals surface area contributed by atoms with Crippen LogP contribution in [0.3, 0.4) is 0 Å². The van der Waals surface area contributed by atoms with Crippen LogP contribution in [0.1, 0.15) is 16.8 Å². The minimum Gasteiger partial charge on any atom is -0.235 e. The second-order valence-corrected chi connectivity index (χ2v) is 5.44. The molecular weight excluding hydrogens is 236 g/mol. The number of thioether (sulfide) groups is 1. The Kier molecular flexibility index (Phi) is 3.60. The van der Waals surface area contributed by atoms with Crippen LogP contribution in [0, 0.1) is 18.3 Å². The lowest BCUT2D eigenvalue weighted by atomic mass is 10.2. The molecule has 0 unspecified atom stereocenters. The van der Waals surface area contributed by atoms with Crippen molar-refractivity contribution in [3.05, 3.63) is 46.5 Å². The van der Waals surface area contributed by atoms with Crippen molar-refractivity contribution in [1.82, 2.24) is 4.98 Å². The average molecular weight is 246 g/mol. The van der Waals surface area contributed by atoms with Gasteiger partial charge in [-0.3, -0.25) is 0 Å². The fourth-order valence-corrected chi connectivity index (χ4v) is 3.07. The summed E-state index contributed by atoms with van der Waals surface area (Å²) in [4.78, 5) is 4.38. The Balaban J connectivity index is 2.02. The number of rotatable bonds is 3. The predicted octanol–water partition coefficient (Wildman–Crippen LogP) is 3.62. The van der Waals surface area contributed by atoms with E-state index in [9.17, 15) is 0 Å². The van der Waals surface area contributed by atoms with Gasteiger partial charge in [0.1, 0.15) is 4.34 Å². The van der Waals surface area contributed by atoms with E-state index in [0.29, 0.717) is 5.56 Å². The molecule has 16 heavy (non-hydrogen) atoms. The summed E-state index contributed by atoms with van der Waals surface area (Å²) in [6.45, 7) is 2.00. The van der Waals surface area contributed by atoms with Crippen LogP contribution in [0.2, 0.25) is 0 Å². The molecule has 1 heterocycles. The van der Waals surface area contributed by atoms with E-state index in [0.717, 1.165) is 21.3 Å². The first-order valence-electron chi connectivity index (χ1n) is 4.82. The number of nitriles is 1. The summed E-state index contributed by atoms with van der Waals surface area (Å²) in [7, 11) is 0. The lowest BCUT2D eigenvalue weighted by Crippen LogP contribution is -1.82. The topological polar surface area (TPSA) is 36.7 Å². The Morgan fingerprint density at radius 1 is 1.50 bits per heavy atom. The fourth-order valence-electron chi connectivity index (χ4n) is 1.27. The number of thiazole rings is 1. The molecule has 0 spiro atoms. The zero-order chi connectivity index (χ0) is 11.4. The molecule has 0 aliphatic rings. The molecule has 2 nitrogen and oxygen atoms in total. The minimum absolute atomic E-state index is 0.716. The van der Waals surface area contributed by atoms with E-state index in [1.807, 2.05) is 36.6 Å². The molecule has 0 bridgehead atoms. The quantitative estimate of drug-likeness (QED) is 0.776. The predicted molar refractivity (Wildman–Crippen MR) is 67.6 cm³/mol. The number of hydrogen-bond acceptors (Lipinski definition) is 4. The zero-order valence-corrected chi connectivity index (χ0v) is 10.4. The van der Waals surface area contributed by atoms with Crippen LogP contribution in [-0.4, -0.2) is 4.98 Å². The van der Waals surface area contributed by atoms with Gasteiger partial charge in [0, 0.05) is 16.8 Å². The summed E-state index contributed by atoms with van der Waals surface area (Å²) in [5.41, 5.74) is 2.95. The third kappa shape index (κ3) is 2.84. The standard InChI is InChI=1S/C12H10N2S2/c1-9-7-15-12(14-9)16-8-11-4-2-3-10(5-11)6-13/h2-5,7H,8H2,1H3. The molecule has 0 atom stereocenters. The Labute approximate surface area is 103 Å². The summed E-state index contributed by atoms with van der Waals surface area (Å²) in [5.74, 6) is 0.864. The molecule has 0 amide bonds. The van der Waals surface area contributed by atoms with Crippen LogP contribution in [0.25, 0.3) is 0 Å². The molecule has 4 heteroatoms. The largest absolute Gasteiger partial charge is 0.235 e. The molecule has 0 radical (unpaired) electrons. The number of benzene rings is 1. The van der Waals surface area contributed by atoms with Gasteiger partial charge >= 0.3 is 0 Å². The van der Waals surface area contributed by atoms with Crippen molar-refractivity contribution in [2.45, 2.75) is 17.0 Å². The number of aromatic nitrogens is 1. The Morgan fingerprint density at radius 3 is 3.06 bits per heavy atom. The maximum atomic E-state index is 8.78. The van der Waals surface area contributed by atoms with Crippen LogP contribution < -0.4 is 0 Å². The minimum atomic E-state index is 0.716. The highest BCUT2D eigenvalue weighted by molar-refractivity contribution is 8.00. The molecule has 1 aromatic carbocycles. The molecule has 0 N–H and O–H groups in total. The summed E-state index contributed by atoms with van der Waals surface area (Å²) in [6.07, 6.45) is 0. The van der Waals surface area contributed by atoms with E-state index in [1.54, 1.807) is 23.1 Å². The van der Waals surface area contributed by atoms with Crippen molar-refractivity contribution in [2.75, 3.05) is 0 Å². The summed E-state index contributed by atoms with van der Waals surface area (Å²) < 4.78 is 1.08. The van der Waals surface area contributed by atoms with Gasteiger partial charge in [-0.25, -0.2) is 4.98 Å². The van der Waals surface area contributed by atoms with E-state index in [1.165, 1.54) is 0 Å². The van der Waals surface area contributed by atoms with Crippen LogP contribution >= 0.6 is 23.1 Å². The van der Waals surface area contributed by atoms with Crippen molar-refractivity contribution in [2.24, 2.45) is 0 Å². The van der Waals surface area contributed by atoms with Crippen molar-refractivity contribution in [1.29, 1.82) is 5.26 Å². The Morgan fingerprint density at radius 2 is 2.38 bits per heavy atom. The second-order valence-electron chi connectivity index (χ2n) is 3.36. The van der Waals surface area contributed by atoms with E-state index < -0.39 is 0 Å². The normalized spacial score (nSPS) is 10.0. The third-order valence-corrected chi connectivity index (χ3v) is 4.23. The molecule has 1 aromatic heterocycles. The van der Waals surface area contributed by atoms with Crippen LogP contribution in [0.5, 0.6) is 0 Å². The van der Waals surface area contributed by atoms with E-state index >= 15 is 0 Å². The number of hydrogen-bond donors (Lipinski definition) is 0. The van der Waals surface area contributed by atoms with Gasteiger partial charge in [-0.15, -0.1) is 11.3 Å². The van der Waals surface area contributed by atoms with Crippen molar-refractivity contribution < 1.29 is 0 Å². The summed E-state index contributed by atoms with van der Waals surface area (Å²) in [5, 5.41) is 10.8. The summed E-state index contributed by atoms with van der Waals surface area (Å²) in [6, 6.07) is 9.85. The molecule has 0 aliphatic carbocycles. The lowest BCUT2D eigenvalue weighted by molar-refractivity contribution is 1.16. The first-order valence-corrected chi connectivity index (χ1v) is 6.68. The van der Waals surface area contributed by atoms with Gasteiger partial charge in [0.25, 0.3) is 0 Å². The number of aryl methyl sites for hydroxylation is 1. The van der Waals surface area contributed by atoms with Gasteiger partial charge in [0.05, 0.1) is 11.6 Å².